The molecule has 3 aromatic rings. The summed E-state index contributed by atoms with van der Waals surface area (Å²) in [5.41, 5.74) is 2.39. The minimum Gasteiger partial charge on any atom is -0.305 e. The Kier molecular flexibility index (Phi) is 3.48. The van der Waals surface area contributed by atoms with Crippen LogP contribution in [-0.4, -0.2) is 21.3 Å². The van der Waals surface area contributed by atoms with Crippen LogP contribution in [0.1, 0.15) is 24.2 Å². The molecule has 0 bridgehead atoms. The second-order valence-corrected chi connectivity index (χ2v) is 4.81. The summed E-state index contributed by atoms with van der Waals surface area (Å²) in [5.74, 6) is 0. The monoisotopic (exact) mass is 266 g/mol. The molecule has 0 amide bonds. The maximum absolute atomic E-state index is 4.29. The molecule has 0 saturated heterocycles. The van der Waals surface area contributed by atoms with Gasteiger partial charge in [0.1, 0.15) is 0 Å². The number of hydrogen-bond acceptors (Lipinski definition) is 3. The smallest absolute Gasteiger partial charge is 0.0754 e. The summed E-state index contributed by atoms with van der Waals surface area (Å²) in [7, 11) is 1.98. The normalized spacial score (nSPS) is 12.7. The van der Waals surface area contributed by atoms with Crippen LogP contribution in [0, 0.1) is 0 Å². The fourth-order valence-electron chi connectivity index (χ4n) is 2.63. The predicted molar refractivity (Wildman–Crippen MR) is 80.5 cm³/mol. The maximum atomic E-state index is 4.29. The van der Waals surface area contributed by atoms with E-state index < -0.39 is 0 Å². The van der Waals surface area contributed by atoms with Crippen molar-refractivity contribution in [2.45, 2.75) is 13.0 Å². The molecule has 102 valence electrons. The van der Waals surface area contributed by atoms with Crippen molar-refractivity contribution in [1.29, 1.82) is 0 Å². The maximum Gasteiger partial charge on any atom is 0.0754 e. The van der Waals surface area contributed by atoms with E-state index in [9.17, 15) is 0 Å². The van der Waals surface area contributed by atoms with E-state index in [1.54, 1.807) is 0 Å². The number of benzene rings is 1. The number of pyridine rings is 1. The van der Waals surface area contributed by atoms with Gasteiger partial charge in [0.25, 0.3) is 0 Å². The Morgan fingerprint density at radius 1 is 1.20 bits per heavy atom. The summed E-state index contributed by atoms with van der Waals surface area (Å²) in [6, 6.07) is 10.6. The Morgan fingerprint density at radius 2 is 2.10 bits per heavy atom. The SMILES string of the molecule is CCNC(c1cccc2ccncc12)c1ccnn1C. The third-order valence-electron chi connectivity index (χ3n) is 3.59. The molecule has 1 N–H and O–H groups in total. The highest BCUT2D eigenvalue weighted by Crippen LogP contribution is 2.28. The van der Waals surface area contributed by atoms with Crippen molar-refractivity contribution in [3.63, 3.8) is 0 Å². The third-order valence-corrected chi connectivity index (χ3v) is 3.59. The van der Waals surface area contributed by atoms with Crippen molar-refractivity contribution in [2.24, 2.45) is 7.05 Å². The molecule has 0 fully saturated rings. The van der Waals surface area contributed by atoms with Crippen molar-refractivity contribution in [3.8, 4) is 0 Å². The van der Waals surface area contributed by atoms with Crippen LogP contribution in [0.3, 0.4) is 0 Å². The molecule has 2 heterocycles. The van der Waals surface area contributed by atoms with E-state index in [0.29, 0.717) is 0 Å². The fourth-order valence-corrected chi connectivity index (χ4v) is 2.63. The van der Waals surface area contributed by atoms with Crippen molar-refractivity contribution in [1.82, 2.24) is 20.1 Å². The number of rotatable bonds is 4. The molecule has 0 radical (unpaired) electrons. The number of aromatic nitrogens is 3. The van der Waals surface area contributed by atoms with E-state index in [1.807, 2.05) is 36.4 Å². The van der Waals surface area contributed by atoms with Crippen LogP contribution >= 0.6 is 0 Å². The number of nitrogens with one attached hydrogen (secondary N) is 1. The first-order valence-corrected chi connectivity index (χ1v) is 6.85. The fraction of sp³-hybridized carbons (Fsp3) is 0.250. The van der Waals surface area contributed by atoms with E-state index in [-0.39, 0.29) is 6.04 Å². The molecular formula is C16H18N4. The average molecular weight is 266 g/mol. The Morgan fingerprint density at radius 3 is 2.85 bits per heavy atom. The first-order valence-electron chi connectivity index (χ1n) is 6.85. The summed E-state index contributed by atoms with van der Waals surface area (Å²) in [6.07, 6.45) is 5.60. The van der Waals surface area contributed by atoms with Gasteiger partial charge in [0, 0.05) is 31.0 Å². The number of aryl methyl sites for hydroxylation is 1. The van der Waals surface area contributed by atoms with Gasteiger partial charge in [-0.2, -0.15) is 5.10 Å². The Bertz CT molecular complexity index is 712. The van der Waals surface area contributed by atoms with Crippen molar-refractivity contribution < 1.29 is 0 Å². The number of hydrogen-bond donors (Lipinski definition) is 1. The highest BCUT2D eigenvalue weighted by atomic mass is 15.3. The number of nitrogens with zero attached hydrogens (tertiary/aromatic N) is 3. The first kappa shape index (κ1) is 12.8. The van der Waals surface area contributed by atoms with E-state index >= 15 is 0 Å². The highest BCUT2D eigenvalue weighted by Gasteiger charge is 2.18. The largest absolute Gasteiger partial charge is 0.305 e. The quantitative estimate of drug-likeness (QED) is 0.789. The molecule has 1 unspecified atom stereocenters. The van der Waals surface area contributed by atoms with E-state index in [1.165, 1.54) is 16.3 Å². The summed E-state index contributed by atoms with van der Waals surface area (Å²) in [5, 5.41) is 10.2. The lowest BCUT2D eigenvalue weighted by Crippen LogP contribution is -2.24. The lowest BCUT2D eigenvalue weighted by molar-refractivity contribution is 0.575. The highest BCUT2D eigenvalue weighted by molar-refractivity contribution is 5.85. The van der Waals surface area contributed by atoms with Crippen LogP contribution in [0.2, 0.25) is 0 Å². The van der Waals surface area contributed by atoms with Gasteiger partial charge in [-0.15, -0.1) is 0 Å². The molecule has 0 spiro atoms. The van der Waals surface area contributed by atoms with E-state index in [2.05, 4.69) is 46.6 Å². The molecule has 0 saturated carbocycles. The van der Waals surface area contributed by atoms with Crippen LogP contribution in [0.25, 0.3) is 10.8 Å². The van der Waals surface area contributed by atoms with Gasteiger partial charge in [-0.25, -0.2) is 0 Å². The van der Waals surface area contributed by atoms with Gasteiger partial charge in [0.2, 0.25) is 0 Å². The number of fused-ring (bicyclic) bond motifs is 1. The molecule has 4 nitrogen and oxygen atoms in total. The molecular weight excluding hydrogens is 248 g/mol. The molecule has 0 aliphatic heterocycles. The van der Waals surface area contributed by atoms with Gasteiger partial charge >= 0.3 is 0 Å². The molecule has 4 heteroatoms. The minimum absolute atomic E-state index is 0.125. The molecule has 20 heavy (non-hydrogen) atoms. The minimum atomic E-state index is 0.125. The Labute approximate surface area is 118 Å². The summed E-state index contributed by atoms with van der Waals surface area (Å²) < 4.78 is 1.92. The van der Waals surface area contributed by atoms with Crippen LogP contribution in [0.5, 0.6) is 0 Å². The molecule has 0 aliphatic rings. The molecule has 1 aromatic carbocycles. The average Bonchev–Trinajstić information content (AvgIpc) is 2.90. The van der Waals surface area contributed by atoms with Crippen LogP contribution in [-0.2, 0) is 7.05 Å². The standard InChI is InChI=1S/C16H18N4/c1-3-18-16(15-8-10-19-20(15)2)13-6-4-5-12-7-9-17-11-14(12)13/h4-11,16,18H,3H2,1-2H3. The van der Waals surface area contributed by atoms with Crippen LogP contribution < -0.4 is 5.32 Å². The molecule has 2 aromatic heterocycles. The first-order chi connectivity index (χ1) is 9.81. The topological polar surface area (TPSA) is 42.7 Å². The van der Waals surface area contributed by atoms with Crippen molar-refractivity contribution in [2.75, 3.05) is 6.54 Å². The predicted octanol–water partition coefficient (Wildman–Crippen LogP) is 2.67. The van der Waals surface area contributed by atoms with Gasteiger partial charge < -0.3 is 5.32 Å². The van der Waals surface area contributed by atoms with Gasteiger partial charge in [-0.1, -0.05) is 25.1 Å². The third kappa shape index (κ3) is 2.18. The zero-order chi connectivity index (χ0) is 13.9. The van der Waals surface area contributed by atoms with E-state index in [4.69, 9.17) is 0 Å². The van der Waals surface area contributed by atoms with Crippen LogP contribution in [0.4, 0.5) is 0 Å². The summed E-state index contributed by atoms with van der Waals surface area (Å²) in [4.78, 5) is 4.27. The molecule has 0 aliphatic carbocycles. The lowest BCUT2D eigenvalue weighted by atomic mass is 9.98. The van der Waals surface area contributed by atoms with Gasteiger partial charge in [0.05, 0.1) is 11.7 Å². The zero-order valence-corrected chi connectivity index (χ0v) is 11.7. The second kappa shape index (κ2) is 5.43. The molecule has 3 rings (SSSR count). The zero-order valence-electron chi connectivity index (χ0n) is 11.7. The van der Waals surface area contributed by atoms with Crippen LogP contribution in [0.15, 0.2) is 48.9 Å². The van der Waals surface area contributed by atoms with Crippen molar-refractivity contribution >= 4 is 10.8 Å². The Balaban J connectivity index is 2.17. The van der Waals surface area contributed by atoms with Gasteiger partial charge in [-0.05, 0) is 29.6 Å². The Hall–Kier alpha value is -2.20. The summed E-state index contributed by atoms with van der Waals surface area (Å²) >= 11 is 0. The summed E-state index contributed by atoms with van der Waals surface area (Å²) in [6.45, 7) is 3.01. The van der Waals surface area contributed by atoms with Gasteiger partial charge in [-0.3, -0.25) is 9.67 Å². The van der Waals surface area contributed by atoms with Crippen molar-refractivity contribution in [3.05, 3.63) is 60.2 Å². The molecule has 1 atom stereocenters. The lowest BCUT2D eigenvalue weighted by Gasteiger charge is -2.20. The van der Waals surface area contributed by atoms with E-state index in [0.717, 1.165) is 12.2 Å². The second-order valence-electron chi connectivity index (χ2n) is 4.81. The van der Waals surface area contributed by atoms with Gasteiger partial charge in [0.15, 0.2) is 0 Å².